The van der Waals surface area contributed by atoms with Gasteiger partial charge in [-0.25, -0.2) is 13.2 Å². The molecule has 0 aliphatic rings. The number of isocyanates is 1. The average molecular weight is 269 g/mol. The van der Waals surface area contributed by atoms with Crippen molar-refractivity contribution in [2.45, 2.75) is 24.3 Å². The number of hydrogen-bond donors (Lipinski definition) is 0. The van der Waals surface area contributed by atoms with Crippen LogP contribution in [0, 0.1) is 0 Å². The third-order valence-electron chi connectivity index (χ3n) is 2.57. The quantitative estimate of drug-likeness (QED) is 0.615. The van der Waals surface area contributed by atoms with Gasteiger partial charge in [-0.05, 0) is 19.9 Å². The zero-order valence-electron chi connectivity index (χ0n) is 10.7. The summed E-state index contributed by atoms with van der Waals surface area (Å²) >= 11 is 0. The number of hydrogen-bond acceptors (Lipinski definition) is 5. The molecule has 0 saturated heterocycles. The van der Waals surface area contributed by atoms with E-state index < -0.39 is 15.4 Å². The Morgan fingerprint density at radius 3 is 2.39 bits per heavy atom. The molecule has 0 aliphatic heterocycles. The maximum atomic E-state index is 11.7. The second-order valence-electron chi connectivity index (χ2n) is 4.37. The number of benzene rings is 1. The van der Waals surface area contributed by atoms with Gasteiger partial charge in [-0.3, -0.25) is 0 Å². The molecule has 0 atom stereocenters. The lowest BCUT2D eigenvalue weighted by Crippen LogP contribution is -2.16. The lowest BCUT2D eigenvalue weighted by Gasteiger charge is -2.22. The van der Waals surface area contributed by atoms with Crippen LogP contribution in [0.25, 0.3) is 0 Å². The largest absolute Gasteiger partial charge is 0.495 e. The molecule has 98 valence electrons. The van der Waals surface area contributed by atoms with Crippen LogP contribution in [-0.4, -0.2) is 27.9 Å². The third kappa shape index (κ3) is 2.78. The summed E-state index contributed by atoms with van der Waals surface area (Å²) < 4.78 is 28.5. The normalized spacial score (nSPS) is 11.8. The monoisotopic (exact) mass is 269 g/mol. The molecule has 6 heteroatoms. The minimum Gasteiger partial charge on any atom is -0.495 e. The van der Waals surface area contributed by atoms with Crippen molar-refractivity contribution in [2.24, 2.45) is 4.99 Å². The van der Waals surface area contributed by atoms with Gasteiger partial charge in [-0.1, -0.05) is 12.1 Å². The first-order valence-electron chi connectivity index (χ1n) is 5.20. The third-order valence-corrected chi connectivity index (χ3v) is 3.69. The maximum absolute atomic E-state index is 11.7. The highest BCUT2D eigenvalue weighted by molar-refractivity contribution is 7.90. The summed E-state index contributed by atoms with van der Waals surface area (Å²) in [5.74, 6) is 0.212. The maximum Gasteiger partial charge on any atom is 0.235 e. The predicted molar refractivity (Wildman–Crippen MR) is 67.3 cm³/mol. The first-order chi connectivity index (χ1) is 8.24. The minimum atomic E-state index is -3.41. The Balaban J connectivity index is 3.63. The Labute approximate surface area is 106 Å². The van der Waals surface area contributed by atoms with Gasteiger partial charge in [0.05, 0.1) is 12.6 Å². The highest BCUT2D eigenvalue weighted by Gasteiger charge is 2.27. The van der Waals surface area contributed by atoms with Crippen LogP contribution < -0.4 is 4.74 Å². The first-order valence-corrected chi connectivity index (χ1v) is 7.09. The fourth-order valence-corrected chi connectivity index (χ4v) is 2.53. The number of carbonyl (C=O) groups excluding carboxylic acids is 1. The molecule has 0 aliphatic carbocycles. The van der Waals surface area contributed by atoms with Crippen molar-refractivity contribution >= 4 is 15.9 Å². The van der Waals surface area contributed by atoms with Crippen molar-refractivity contribution in [3.63, 3.8) is 0 Å². The van der Waals surface area contributed by atoms with E-state index in [-0.39, 0.29) is 10.6 Å². The van der Waals surface area contributed by atoms with Crippen LogP contribution in [0.4, 0.5) is 0 Å². The van der Waals surface area contributed by atoms with Gasteiger partial charge in [0.15, 0.2) is 9.84 Å². The molecule has 0 bridgehead atoms. The van der Waals surface area contributed by atoms with E-state index >= 15 is 0 Å². The Morgan fingerprint density at radius 1 is 1.33 bits per heavy atom. The second kappa shape index (κ2) is 4.92. The first kappa shape index (κ1) is 14.4. The number of ether oxygens (including phenoxy) is 1. The molecule has 0 fully saturated rings. The van der Waals surface area contributed by atoms with E-state index in [1.807, 2.05) is 0 Å². The summed E-state index contributed by atoms with van der Waals surface area (Å²) in [6.07, 6.45) is 2.59. The van der Waals surface area contributed by atoms with E-state index in [1.54, 1.807) is 26.0 Å². The molecule has 5 nitrogen and oxygen atoms in total. The molecule has 0 heterocycles. The van der Waals surface area contributed by atoms with Crippen LogP contribution in [0.1, 0.15) is 19.4 Å². The molecule has 0 amide bonds. The van der Waals surface area contributed by atoms with Crippen LogP contribution in [0.15, 0.2) is 28.1 Å². The van der Waals surface area contributed by atoms with Crippen LogP contribution in [0.3, 0.4) is 0 Å². The molecule has 18 heavy (non-hydrogen) atoms. The highest BCUT2D eigenvalue weighted by atomic mass is 32.2. The number of nitrogens with zero attached hydrogens (tertiary/aromatic N) is 1. The summed E-state index contributed by atoms with van der Waals surface area (Å²) in [6, 6.07) is 4.73. The zero-order valence-corrected chi connectivity index (χ0v) is 11.5. The lowest BCUT2D eigenvalue weighted by atomic mass is 9.94. The van der Waals surface area contributed by atoms with E-state index in [9.17, 15) is 13.2 Å². The van der Waals surface area contributed by atoms with Crippen LogP contribution in [-0.2, 0) is 20.2 Å². The van der Waals surface area contributed by atoms with Gasteiger partial charge in [0.1, 0.15) is 10.6 Å². The summed E-state index contributed by atoms with van der Waals surface area (Å²) in [5.41, 5.74) is -0.371. The fourth-order valence-electron chi connectivity index (χ4n) is 1.67. The number of para-hydroxylation sites is 1. The summed E-state index contributed by atoms with van der Waals surface area (Å²) in [4.78, 5) is 14.2. The summed E-state index contributed by atoms with van der Waals surface area (Å²) in [7, 11) is -2.03. The van der Waals surface area contributed by atoms with E-state index in [1.165, 1.54) is 19.3 Å². The van der Waals surface area contributed by atoms with Crippen molar-refractivity contribution in [3.05, 3.63) is 23.8 Å². The van der Waals surface area contributed by atoms with Gasteiger partial charge in [-0.15, -0.1) is 0 Å². The summed E-state index contributed by atoms with van der Waals surface area (Å²) in [5, 5.41) is 0. The molecule has 0 aromatic heterocycles. The average Bonchev–Trinajstić information content (AvgIpc) is 2.26. The smallest absolute Gasteiger partial charge is 0.235 e. The zero-order chi connectivity index (χ0) is 14.0. The van der Waals surface area contributed by atoms with E-state index in [0.717, 1.165) is 6.26 Å². The second-order valence-corrected chi connectivity index (χ2v) is 6.36. The molecular weight excluding hydrogens is 254 g/mol. The SMILES string of the molecule is COc1c(C(C)(C)N=C=O)cccc1S(C)(=O)=O. The minimum absolute atomic E-state index is 0.0803. The van der Waals surface area contributed by atoms with Crippen molar-refractivity contribution in [3.8, 4) is 5.75 Å². The predicted octanol–water partition coefficient (Wildman–Crippen LogP) is 1.67. The number of methoxy groups -OCH3 is 1. The molecule has 1 aromatic rings. The molecule has 0 unspecified atom stereocenters. The fraction of sp³-hybridized carbons (Fsp3) is 0.417. The van der Waals surface area contributed by atoms with Gasteiger partial charge < -0.3 is 4.74 Å². The Morgan fingerprint density at radius 2 is 1.94 bits per heavy atom. The van der Waals surface area contributed by atoms with Crippen molar-refractivity contribution < 1.29 is 17.9 Å². The van der Waals surface area contributed by atoms with Gasteiger partial charge in [-0.2, -0.15) is 4.99 Å². The standard InChI is InChI=1S/C12H15NO4S/c1-12(2,13-8-14)9-6-5-7-10(11(9)17-3)18(4,15)16/h5-7H,1-4H3. The molecular formula is C12H15NO4S. The number of aliphatic imine (C=N–C) groups is 1. The topological polar surface area (TPSA) is 72.8 Å². The van der Waals surface area contributed by atoms with Crippen LogP contribution >= 0.6 is 0 Å². The molecule has 0 N–H and O–H groups in total. The van der Waals surface area contributed by atoms with Crippen molar-refractivity contribution in [1.82, 2.24) is 0 Å². The lowest BCUT2D eigenvalue weighted by molar-refractivity contribution is 0.383. The molecule has 0 saturated carbocycles. The van der Waals surface area contributed by atoms with Crippen molar-refractivity contribution in [1.29, 1.82) is 0 Å². The molecule has 1 rings (SSSR count). The van der Waals surface area contributed by atoms with Gasteiger partial charge >= 0.3 is 0 Å². The van der Waals surface area contributed by atoms with Gasteiger partial charge in [0.25, 0.3) is 0 Å². The Bertz CT molecular complexity index is 599. The molecule has 0 spiro atoms. The van der Waals surface area contributed by atoms with Crippen LogP contribution in [0.5, 0.6) is 5.75 Å². The Kier molecular flexibility index (Phi) is 3.94. The van der Waals surface area contributed by atoms with E-state index in [4.69, 9.17) is 4.74 Å². The van der Waals surface area contributed by atoms with Gasteiger partial charge in [0.2, 0.25) is 6.08 Å². The molecule has 0 radical (unpaired) electrons. The summed E-state index contributed by atoms with van der Waals surface area (Å²) in [6.45, 7) is 3.36. The van der Waals surface area contributed by atoms with Crippen LogP contribution in [0.2, 0.25) is 0 Å². The number of sulfone groups is 1. The highest BCUT2D eigenvalue weighted by Crippen LogP contribution is 2.36. The molecule has 1 aromatic carbocycles. The Hall–Kier alpha value is -1.65. The van der Waals surface area contributed by atoms with E-state index in [0.29, 0.717) is 5.56 Å². The number of rotatable bonds is 4. The van der Waals surface area contributed by atoms with E-state index in [2.05, 4.69) is 4.99 Å². The van der Waals surface area contributed by atoms with Gasteiger partial charge in [0, 0.05) is 11.8 Å². The van der Waals surface area contributed by atoms with Crippen molar-refractivity contribution in [2.75, 3.05) is 13.4 Å².